The molecule has 1 unspecified atom stereocenters. The largest absolute Gasteiger partial charge is 0.354 e. The smallest absolute Gasteiger partial charge is 0.244 e. The summed E-state index contributed by atoms with van der Waals surface area (Å²) in [5, 5.41) is 8.17. The molecule has 4 fully saturated rings. The minimum absolute atomic E-state index is 0.0555. The summed E-state index contributed by atoms with van der Waals surface area (Å²) in [7, 11) is 0. The highest BCUT2D eigenvalue weighted by Crippen LogP contribution is 2.59. The van der Waals surface area contributed by atoms with Gasteiger partial charge in [0.2, 0.25) is 5.91 Å². The predicted molar refractivity (Wildman–Crippen MR) is 90.3 cm³/mol. The second-order valence-electron chi connectivity index (χ2n) is 8.35. The van der Waals surface area contributed by atoms with Crippen LogP contribution in [0.25, 0.3) is 0 Å². The molecule has 1 N–H and O–H groups in total. The predicted octanol–water partition coefficient (Wildman–Crippen LogP) is 3.74. The van der Waals surface area contributed by atoms with Gasteiger partial charge in [-0.2, -0.15) is 5.10 Å². The Kier molecular flexibility index (Phi) is 3.71. The Morgan fingerprint density at radius 3 is 2.39 bits per heavy atom. The van der Waals surface area contributed by atoms with Crippen LogP contribution in [0.2, 0.25) is 5.02 Å². The molecule has 1 amide bonds. The number of rotatable bonds is 4. The third-order valence-corrected chi connectivity index (χ3v) is 6.81. The summed E-state index contributed by atoms with van der Waals surface area (Å²) in [6, 6.07) is -0.310. The number of aryl methyl sites for hydroxylation is 1. The summed E-state index contributed by atoms with van der Waals surface area (Å²) in [5.74, 6) is 2.81. The fraction of sp³-hybridized carbons (Fsp3) is 0.778. The van der Waals surface area contributed by atoms with Crippen LogP contribution >= 0.6 is 11.6 Å². The molecule has 1 aromatic rings. The molecule has 0 saturated heterocycles. The van der Waals surface area contributed by atoms with Crippen molar-refractivity contribution in [2.45, 2.75) is 58.4 Å². The van der Waals surface area contributed by atoms with Crippen LogP contribution in [0.3, 0.4) is 0 Å². The third-order valence-electron chi connectivity index (χ3n) is 6.44. The van der Waals surface area contributed by atoms with Gasteiger partial charge in [-0.3, -0.25) is 9.48 Å². The van der Waals surface area contributed by atoms with Crippen molar-refractivity contribution in [3.63, 3.8) is 0 Å². The van der Waals surface area contributed by atoms with Crippen LogP contribution in [-0.4, -0.2) is 22.2 Å². The SMILES string of the molecule is Cc1nn(C(C)C(=O)NCC23CC4CC(CC(C4)C2)C3)cc1Cl. The Bertz CT molecular complexity index is 569. The van der Waals surface area contributed by atoms with E-state index < -0.39 is 0 Å². The summed E-state index contributed by atoms with van der Waals surface area (Å²) in [6.07, 6.45) is 10.0. The number of carbonyl (C=O) groups is 1. The zero-order valence-electron chi connectivity index (χ0n) is 14.0. The van der Waals surface area contributed by atoms with Gasteiger partial charge in [0.25, 0.3) is 0 Å². The highest BCUT2D eigenvalue weighted by Gasteiger charge is 2.50. The Labute approximate surface area is 143 Å². The fourth-order valence-electron chi connectivity index (χ4n) is 5.71. The zero-order chi connectivity index (χ0) is 16.2. The number of halogens is 1. The van der Waals surface area contributed by atoms with Gasteiger partial charge >= 0.3 is 0 Å². The maximum atomic E-state index is 12.5. The molecule has 4 saturated carbocycles. The van der Waals surface area contributed by atoms with Gasteiger partial charge in [-0.1, -0.05) is 11.6 Å². The molecule has 126 valence electrons. The molecular weight excluding hydrogens is 310 g/mol. The summed E-state index contributed by atoms with van der Waals surface area (Å²) in [4.78, 5) is 12.5. The number of amides is 1. The zero-order valence-corrected chi connectivity index (χ0v) is 14.8. The quantitative estimate of drug-likeness (QED) is 0.911. The lowest BCUT2D eigenvalue weighted by Gasteiger charge is -2.57. The molecule has 0 radical (unpaired) electrons. The van der Waals surface area contributed by atoms with Crippen LogP contribution in [0.5, 0.6) is 0 Å². The summed E-state index contributed by atoms with van der Waals surface area (Å²) in [6.45, 7) is 4.59. The molecule has 4 bridgehead atoms. The van der Waals surface area contributed by atoms with Crippen molar-refractivity contribution < 1.29 is 4.79 Å². The molecule has 0 aliphatic heterocycles. The van der Waals surface area contributed by atoms with Gasteiger partial charge in [-0.05, 0) is 75.5 Å². The average Bonchev–Trinajstić information content (AvgIpc) is 2.82. The molecule has 4 nitrogen and oxygen atoms in total. The molecule has 1 aromatic heterocycles. The molecule has 4 aliphatic rings. The lowest BCUT2D eigenvalue weighted by molar-refractivity contribution is -0.126. The standard InChI is InChI=1S/C18H26ClN3O/c1-11-16(19)9-22(21-11)12(2)17(23)20-10-18-6-13-3-14(7-18)5-15(4-13)8-18/h9,12-15H,3-8,10H2,1-2H3,(H,20,23). The first-order valence-corrected chi connectivity index (χ1v) is 9.31. The summed E-state index contributed by atoms with van der Waals surface area (Å²) >= 11 is 6.05. The maximum Gasteiger partial charge on any atom is 0.244 e. The first-order valence-electron chi connectivity index (χ1n) is 8.93. The van der Waals surface area contributed by atoms with Crippen molar-refractivity contribution in [2.75, 3.05) is 6.54 Å². The van der Waals surface area contributed by atoms with Crippen molar-refractivity contribution in [2.24, 2.45) is 23.2 Å². The number of hydrogen-bond acceptors (Lipinski definition) is 2. The Morgan fingerprint density at radius 1 is 1.35 bits per heavy atom. The first-order chi connectivity index (χ1) is 10.9. The normalized spacial score (nSPS) is 36.2. The van der Waals surface area contributed by atoms with E-state index in [1.165, 1.54) is 38.5 Å². The molecule has 1 heterocycles. The van der Waals surface area contributed by atoms with E-state index in [9.17, 15) is 4.79 Å². The number of carbonyl (C=O) groups excluding carboxylic acids is 1. The van der Waals surface area contributed by atoms with Gasteiger partial charge in [0.1, 0.15) is 6.04 Å². The van der Waals surface area contributed by atoms with Crippen molar-refractivity contribution in [1.29, 1.82) is 0 Å². The Balaban J connectivity index is 1.40. The topological polar surface area (TPSA) is 46.9 Å². The summed E-state index contributed by atoms with van der Waals surface area (Å²) in [5.41, 5.74) is 1.15. The van der Waals surface area contributed by atoms with Crippen LogP contribution in [0.1, 0.15) is 57.2 Å². The van der Waals surface area contributed by atoms with E-state index in [-0.39, 0.29) is 11.9 Å². The van der Waals surface area contributed by atoms with Crippen LogP contribution in [-0.2, 0) is 4.79 Å². The molecule has 5 heteroatoms. The van der Waals surface area contributed by atoms with E-state index in [0.717, 1.165) is 30.0 Å². The van der Waals surface area contributed by atoms with E-state index in [2.05, 4.69) is 10.4 Å². The van der Waals surface area contributed by atoms with E-state index >= 15 is 0 Å². The second-order valence-corrected chi connectivity index (χ2v) is 8.76. The number of hydrogen-bond donors (Lipinski definition) is 1. The lowest BCUT2D eigenvalue weighted by Crippen LogP contribution is -2.51. The van der Waals surface area contributed by atoms with Crippen molar-refractivity contribution in [3.8, 4) is 0 Å². The van der Waals surface area contributed by atoms with Gasteiger partial charge in [-0.25, -0.2) is 0 Å². The lowest BCUT2D eigenvalue weighted by atomic mass is 9.49. The van der Waals surface area contributed by atoms with Crippen LogP contribution in [0, 0.1) is 30.1 Å². The highest BCUT2D eigenvalue weighted by molar-refractivity contribution is 6.31. The Morgan fingerprint density at radius 2 is 1.91 bits per heavy atom. The van der Waals surface area contributed by atoms with Crippen molar-refractivity contribution >= 4 is 17.5 Å². The molecule has 0 spiro atoms. The van der Waals surface area contributed by atoms with Gasteiger partial charge in [0.15, 0.2) is 0 Å². The van der Waals surface area contributed by atoms with Gasteiger partial charge in [0, 0.05) is 12.7 Å². The van der Waals surface area contributed by atoms with Crippen molar-refractivity contribution in [3.05, 3.63) is 16.9 Å². The Hall–Kier alpha value is -1.03. The van der Waals surface area contributed by atoms with E-state index in [4.69, 9.17) is 11.6 Å². The van der Waals surface area contributed by atoms with E-state index in [1.807, 2.05) is 13.8 Å². The average molecular weight is 336 g/mol. The summed E-state index contributed by atoms with van der Waals surface area (Å²) < 4.78 is 1.67. The molecular formula is C18H26ClN3O. The number of aromatic nitrogens is 2. The van der Waals surface area contributed by atoms with E-state index in [0.29, 0.717) is 10.4 Å². The van der Waals surface area contributed by atoms with Crippen molar-refractivity contribution in [1.82, 2.24) is 15.1 Å². The monoisotopic (exact) mass is 335 g/mol. The molecule has 1 atom stereocenters. The molecule has 0 aromatic carbocycles. The van der Waals surface area contributed by atoms with Crippen LogP contribution < -0.4 is 5.32 Å². The molecule has 23 heavy (non-hydrogen) atoms. The minimum Gasteiger partial charge on any atom is -0.354 e. The van der Waals surface area contributed by atoms with Crippen LogP contribution in [0.15, 0.2) is 6.20 Å². The maximum absolute atomic E-state index is 12.5. The number of nitrogens with zero attached hydrogens (tertiary/aromatic N) is 2. The number of nitrogens with one attached hydrogen (secondary N) is 1. The van der Waals surface area contributed by atoms with Gasteiger partial charge in [0.05, 0.1) is 10.7 Å². The fourth-order valence-corrected chi connectivity index (χ4v) is 5.84. The van der Waals surface area contributed by atoms with E-state index in [1.54, 1.807) is 10.9 Å². The minimum atomic E-state index is -0.310. The molecule has 4 aliphatic carbocycles. The first kappa shape index (κ1) is 15.5. The van der Waals surface area contributed by atoms with Crippen LogP contribution in [0.4, 0.5) is 0 Å². The molecule has 5 rings (SSSR count). The highest BCUT2D eigenvalue weighted by atomic mass is 35.5. The third kappa shape index (κ3) is 2.79. The second kappa shape index (κ2) is 5.51. The van der Waals surface area contributed by atoms with Gasteiger partial charge in [-0.15, -0.1) is 0 Å². The van der Waals surface area contributed by atoms with Gasteiger partial charge < -0.3 is 5.32 Å².